The molecular formula is C12H19ClN2O. The number of carbonyl (C=O) groups excluding carboxylic acids is 1. The summed E-state index contributed by atoms with van der Waals surface area (Å²) in [5.41, 5.74) is 1.16. The number of aromatic nitrogens is 2. The van der Waals surface area contributed by atoms with Crippen LogP contribution in [0.25, 0.3) is 0 Å². The van der Waals surface area contributed by atoms with Gasteiger partial charge < -0.3 is 0 Å². The maximum absolute atomic E-state index is 11.0. The number of aryl methyl sites for hydroxylation is 1. The maximum Gasteiger partial charge on any atom is 0.155 e. The Morgan fingerprint density at radius 1 is 1.44 bits per heavy atom. The van der Waals surface area contributed by atoms with Crippen molar-refractivity contribution < 1.29 is 4.79 Å². The summed E-state index contributed by atoms with van der Waals surface area (Å²) in [7, 11) is 0. The molecule has 0 unspecified atom stereocenters. The van der Waals surface area contributed by atoms with Crippen LogP contribution in [0.15, 0.2) is 0 Å². The van der Waals surface area contributed by atoms with Crippen molar-refractivity contribution in [3.8, 4) is 0 Å². The second-order valence-electron chi connectivity index (χ2n) is 5.00. The highest BCUT2D eigenvalue weighted by atomic mass is 35.5. The van der Waals surface area contributed by atoms with Crippen LogP contribution in [0.1, 0.15) is 56.6 Å². The Hall–Kier alpha value is -0.830. The van der Waals surface area contributed by atoms with E-state index < -0.39 is 0 Å². The largest absolute Gasteiger partial charge is 0.298 e. The number of rotatable bonds is 4. The second kappa shape index (κ2) is 5.00. The first-order valence-corrected chi connectivity index (χ1v) is 6.01. The Kier molecular flexibility index (Phi) is 4.14. The minimum Gasteiger partial charge on any atom is -0.298 e. The molecule has 0 saturated carbocycles. The van der Waals surface area contributed by atoms with Gasteiger partial charge in [-0.1, -0.05) is 45.7 Å². The first kappa shape index (κ1) is 13.2. The average Bonchev–Trinajstić information content (AvgIpc) is 2.51. The standard InChI is InChI=1S/C12H19ClN2O/c1-5-6-7-15-11(13)9(8-16)10(14-15)12(2,3)4/h8H,5-7H2,1-4H3. The van der Waals surface area contributed by atoms with Gasteiger partial charge in [0.15, 0.2) is 6.29 Å². The highest BCUT2D eigenvalue weighted by Gasteiger charge is 2.25. The van der Waals surface area contributed by atoms with E-state index in [-0.39, 0.29) is 5.41 Å². The molecular weight excluding hydrogens is 224 g/mol. The molecule has 1 aromatic heterocycles. The third kappa shape index (κ3) is 2.64. The Balaban J connectivity index is 3.15. The van der Waals surface area contributed by atoms with Crippen molar-refractivity contribution in [2.45, 2.75) is 52.5 Å². The minimum absolute atomic E-state index is 0.155. The molecule has 1 rings (SSSR count). The summed E-state index contributed by atoms with van der Waals surface area (Å²) >= 11 is 6.14. The molecule has 0 aliphatic rings. The van der Waals surface area contributed by atoms with E-state index in [1.165, 1.54) is 0 Å². The summed E-state index contributed by atoms with van der Waals surface area (Å²) in [4.78, 5) is 11.0. The molecule has 0 fully saturated rings. The summed E-state index contributed by atoms with van der Waals surface area (Å²) in [5.74, 6) is 0. The average molecular weight is 243 g/mol. The number of hydrogen-bond donors (Lipinski definition) is 0. The molecule has 0 spiro atoms. The summed E-state index contributed by atoms with van der Waals surface area (Å²) in [6.45, 7) is 8.98. The topological polar surface area (TPSA) is 34.9 Å². The molecule has 0 N–H and O–H groups in total. The normalized spacial score (nSPS) is 11.8. The minimum atomic E-state index is -0.155. The summed E-state index contributed by atoms with van der Waals surface area (Å²) in [5, 5.41) is 4.91. The van der Waals surface area contributed by atoms with E-state index in [1.807, 2.05) is 20.8 Å². The highest BCUT2D eigenvalue weighted by Crippen LogP contribution is 2.28. The third-order valence-corrected chi connectivity index (χ3v) is 2.88. The molecule has 0 aliphatic heterocycles. The number of carbonyl (C=O) groups is 1. The number of unbranched alkanes of at least 4 members (excludes halogenated alkanes) is 1. The van der Waals surface area contributed by atoms with E-state index in [2.05, 4.69) is 12.0 Å². The first-order valence-electron chi connectivity index (χ1n) is 5.63. The fraction of sp³-hybridized carbons (Fsp3) is 0.667. The Morgan fingerprint density at radius 2 is 2.06 bits per heavy atom. The van der Waals surface area contributed by atoms with Crippen LogP contribution in [0.5, 0.6) is 0 Å². The van der Waals surface area contributed by atoms with Crippen molar-refractivity contribution in [2.75, 3.05) is 0 Å². The number of nitrogens with zero attached hydrogens (tertiary/aromatic N) is 2. The van der Waals surface area contributed by atoms with Crippen molar-refractivity contribution >= 4 is 17.9 Å². The zero-order valence-corrected chi connectivity index (χ0v) is 11.1. The van der Waals surface area contributed by atoms with Gasteiger partial charge in [0.1, 0.15) is 5.15 Å². The SMILES string of the molecule is CCCCn1nc(C(C)(C)C)c(C=O)c1Cl. The van der Waals surface area contributed by atoms with Crippen LogP contribution in [-0.4, -0.2) is 16.1 Å². The molecule has 90 valence electrons. The van der Waals surface area contributed by atoms with E-state index in [4.69, 9.17) is 11.6 Å². The lowest BCUT2D eigenvalue weighted by Gasteiger charge is -2.15. The molecule has 1 aromatic rings. The van der Waals surface area contributed by atoms with Crippen molar-refractivity contribution in [3.05, 3.63) is 16.4 Å². The van der Waals surface area contributed by atoms with E-state index >= 15 is 0 Å². The molecule has 4 heteroatoms. The van der Waals surface area contributed by atoms with Crippen molar-refractivity contribution in [1.29, 1.82) is 0 Å². The number of hydrogen-bond acceptors (Lipinski definition) is 2. The van der Waals surface area contributed by atoms with Crippen LogP contribution in [-0.2, 0) is 12.0 Å². The van der Waals surface area contributed by atoms with E-state index in [0.29, 0.717) is 10.7 Å². The predicted molar refractivity (Wildman–Crippen MR) is 66.2 cm³/mol. The van der Waals surface area contributed by atoms with E-state index in [0.717, 1.165) is 31.4 Å². The van der Waals surface area contributed by atoms with Crippen LogP contribution < -0.4 is 0 Å². The van der Waals surface area contributed by atoms with Gasteiger partial charge in [0.25, 0.3) is 0 Å². The Bertz CT molecular complexity index is 377. The second-order valence-corrected chi connectivity index (χ2v) is 5.36. The van der Waals surface area contributed by atoms with Crippen LogP contribution >= 0.6 is 11.6 Å². The van der Waals surface area contributed by atoms with Gasteiger partial charge in [-0.15, -0.1) is 0 Å². The third-order valence-electron chi connectivity index (χ3n) is 2.48. The molecule has 1 heterocycles. The fourth-order valence-corrected chi connectivity index (χ4v) is 1.83. The van der Waals surface area contributed by atoms with Gasteiger partial charge in [-0.3, -0.25) is 9.48 Å². The molecule has 0 bridgehead atoms. The zero-order chi connectivity index (χ0) is 12.3. The summed E-state index contributed by atoms with van der Waals surface area (Å²) in [6, 6.07) is 0. The molecule has 0 aromatic carbocycles. The zero-order valence-electron chi connectivity index (χ0n) is 10.4. The van der Waals surface area contributed by atoms with E-state index in [1.54, 1.807) is 4.68 Å². The van der Waals surface area contributed by atoms with Crippen LogP contribution in [0.2, 0.25) is 5.15 Å². The quantitative estimate of drug-likeness (QED) is 0.758. The van der Waals surface area contributed by atoms with Gasteiger partial charge >= 0.3 is 0 Å². The van der Waals surface area contributed by atoms with Gasteiger partial charge in [-0.25, -0.2) is 0 Å². The predicted octanol–water partition coefficient (Wildman–Crippen LogP) is 3.45. The van der Waals surface area contributed by atoms with Crippen LogP contribution in [0, 0.1) is 0 Å². The summed E-state index contributed by atoms with van der Waals surface area (Å²) in [6.07, 6.45) is 2.90. The molecule has 0 radical (unpaired) electrons. The molecule has 0 atom stereocenters. The molecule has 16 heavy (non-hydrogen) atoms. The van der Waals surface area contributed by atoms with Gasteiger partial charge in [-0.2, -0.15) is 5.10 Å². The number of halogens is 1. The lowest BCUT2D eigenvalue weighted by Crippen LogP contribution is -2.15. The van der Waals surface area contributed by atoms with E-state index in [9.17, 15) is 4.79 Å². The van der Waals surface area contributed by atoms with Crippen molar-refractivity contribution in [2.24, 2.45) is 0 Å². The van der Waals surface area contributed by atoms with Crippen LogP contribution in [0.4, 0.5) is 0 Å². The Morgan fingerprint density at radius 3 is 2.44 bits per heavy atom. The smallest absolute Gasteiger partial charge is 0.155 e. The van der Waals surface area contributed by atoms with Crippen LogP contribution in [0.3, 0.4) is 0 Å². The number of aldehydes is 1. The van der Waals surface area contributed by atoms with Crippen molar-refractivity contribution in [3.63, 3.8) is 0 Å². The molecule has 0 saturated heterocycles. The van der Waals surface area contributed by atoms with Gasteiger partial charge in [0, 0.05) is 12.0 Å². The maximum atomic E-state index is 11.0. The molecule has 3 nitrogen and oxygen atoms in total. The van der Waals surface area contributed by atoms with Gasteiger partial charge in [0.2, 0.25) is 0 Å². The fourth-order valence-electron chi connectivity index (χ4n) is 1.57. The van der Waals surface area contributed by atoms with Gasteiger partial charge in [-0.05, 0) is 6.42 Å². The first-order chi connectivity index (χ1) is 7.41. The lowest BCUT2D eigenvalue weighted by molar-refractivity contribution is 0.112. The summed E-state index contributed by atoms with van der Waals surface area (Å²) < 4.78 is 1.73. The monoisotopic (exact) mass is 242 g/mol. The highest BCUT2D eigenvalue weighted by molar-refractivity contribution is 6.32. The lowest BCUT2D eigenvalue weighted by atomic mass is 9.90. The molecule has 0 aliphatic carbocycles. The Labute approximate surface area is 102 Å². The van der Waals surface area contributed by atoms with Gasteiger partial charge in [0.05, 0.1) is 11.3 Å². The molecule has 0 amide bonds. The van der Waals surface area contributed by atoms with Crippen molar-refractivity contribution in [1.82, 2.24) is 9.78 Å².